The number of likely N-dealkylation sites (N-methyl/N-ethyl adjacent to an activating group) is 1. The summed E-state index contributed by atoms with van der Waals surface area (Å²) in [7, 11) is 4.05. The number of likely N-dealkylation sites (tertiary alicyclic amines) is 2. The largest absolute Gasteiger partial charge is 0.342 e. The Bertz CT molecular complexity index is 699. The van der Waals surface area contributed by atoms with Gasteiger partial charge in [-0.05, 0) is 53.3 Å². The van der Waals surface area contributed by atoms with Crippen molar-refractivity contribution >= 4 is 11.8 Å². The fourth-order valence-corrected chi connectivity index (χ4v) is 4.45. The Balaban J connectivity index is 1.75. The van der Waals surface area contributed by atoms with Crippen LogP contribution in [0.2, 0.25) is 0 Å². The molecule has 2 aliphatic rings. The maximum atomic E-state index is 13.3. The van der Waals surface area contributed by atoms with E-state index in [0.717, 1.165) is 57.7 Å². The number of hydrogen-bond acceptors (Lipinski definition) is 4. The highest BCUT2D eigenvalue weighted by atomic mass is 16.2. The van der Waals surface area contributed by atoms with E-state index < -0.39 is 0 Å². The molecule has 0 unspecified atom stereocenters. The molecule has 3 heterocycles. The number of carbonyl (C=O) groups is 2. The molecule has 0 bridgehead atoms. The van der Waals surface area contributed by atoms with Crippen LogP contribution in [-0.2, 0) is 11.3 Å². The summed E-state index contributed by atoms with van der Waals surface area (Å²) < 4.78 is 1.85. The van der Waals surface area contributed by atoms with E-state index in [4.69, 9.17) is 0 Å². The number of piperidine rings is 2. The highest BCUT2D eigenvalue weighted by molar-refractivity contribution is 5.93. The molecular weight excluding hydrogens is 342 g/mol. The molecule has 1 atom stereocenters. The molecule has 1 aromatic heterocycles. The molecule has 2 fully saturated rings. The van der Waals surface area contributed by atoms with Gasteiger partial charge in [0.25, 0.3) is 5.91 Å². The summed E-state index contributed by atoms with van der Waals surface area (Å²) >= 11 is 0. The van der Waals surface area contributed by atoms with E-state index in [0.29, 0.717) is 18.7 Å². The second-order valence-electron chi connectivity index (χ2n) is 8.44. The Morgan fingerprint density at radius 1 is 1.30 bits per heavy atom. The first-order chi connectivity index (χ1) is 12.8. The van der Waals surface area contributed by atoms with Crippen LogP contribution in [0.4, 0.5) is 0 Å². The number of nitrogens with zero attached hydrogens (tertiary/aromatic N) is 5. The van der Waals surface area contributed by atoms with E-state index in [1.165, 1.54) is 0 Å². The number of amides is 2. The van der Waals surface area contributed by atoms with Crippen LogP contribution in [0.1, 0.15) is 48.8 Å². The minimum atomic E-state index is 0.0569. The Morgan fingerprint density at radius 2 is 2.07 bits per heavy atom. The average molecular weight is 376 g/mol. The zero-order valence-electron chi connectivity index (χ0n) is 17.2. The number of rotatable bonds is 5. The SMILES string of the molecule is CCN1C[C@]2(CCCN(C(=O)c3cc(C)nn3CCN(C)C)C2)CCC1=O. The fourth-order valence-electron chi connectivity index (χ4n) is 4.45. The molecule has 0 aromatic carbocycles. The van der Waals surface area contributed by atoms with Crippen molar-refractivity contribution in [1.29, 1.82) is 0 Å². The molecule has 1 spiro atoms. The predicted octanol–water partition coefficient (Wildman–Crippen LogP) is 1.62. The summed E-state index contributed by atoms with van der Waals surface area (Å²) in [4.78, 5) is 31.4. The zero-order chi connectivity index (χ0) is 19.6. The highest BCUT2D eigenvalue weighted by Gasteiger charge is 2.42. The van der Waals surface area contributed by atoms with Crippen molar-refractivity contribution in [3.63, 3.8) is 0 Å². The van der Waals surface area contributed by atoms with Crippen molar-refractivity contribution in [1.82, 2.24) is 24.5 Å². The van der Waals surface area contributed by atoms with Crippen LogP contribution in [0.15, 0.2) is 6.07 Å². The number of aromatic nitrogens is 2. The summed E-state index contributed by atoms with van der Waals surface area (Å²) in [5.41, 5.74) is 1.62. The Morgan fingerprint density at radius 3 is 2.78 bits per heavy atom. The standard InChI is InChI=1S/C20H33N5O2/c1-5-23-14-20(9-7-18(23)26)8-6-10-24(15-20)19(27)17-13-16(2)21-25(17)12-11-22(3)4/h13H,5-12,14-15H2,1-4H3/t20-/m0/s1. The van der Waals surface area contributed by atoms with Crippen molar-refractivity contribution in [2.45, 2.75) is 46.1 Å². The fraction of sp³-hybridized carbons (Fsp3) is 0.750. The van der Waals surface area contributed by atoms with E-state index in [2.05, 4.69) is 10.00 Å². The molecule has 2 saturated heterocycles. The van der Waals surface area contributed by atoms with Crippen LogP contribution in [0.3, 0.4) is 0 Å². The molecular formula is C20H33N5O2. The van der Waals surface area contributed by atoms with Crippen molar-refractivity contribution in [3.8, 4) is 0 Å². The third-order valence-electron chi connectivity index (χ3n) is 5.96. The lowest BCUT2D eigenvalue weighted by molar-refractivity contribution is -0.138. The molecule has 0 radical (unpaired) electrons. The lowest BCUT2D eigenvalue weighted by Gasteiger charge is -2.48. The van der Waals surface area contributed by atoms with Gasteiger partial charge in [-0.15, -0.1) is 0 Å². The number of carbonyl (C=O) groups excluding carboxylic acids is 2. The number of hydrogen-bond donors (Lipinski definition) is 0. The third kappa shape index (κ3) is 4.34. The van der Waals surface area contributed by atoms with Crippen molar-refractivity contribution < 1.29 is 9.59 Å². The van der Waals surface area contributed by atoms with Crippen LogP contribution < -0.4 is 0 Å². The first-order valence-electron chi connectivity index (χ1n) is 10.1. The minimum absolute atomic E-state index is 0.0569. The lowest BCUT2D eigenvalue weighted by Crippen LogP contribution is -2.55. The minimum Gasteiger partial charge on any atom is -0.342 e. The summed E-state index contributed by atoms with van der Waals surface area (Å²) in [6.45, 7) is 8.60. The van der Waals surface area contributed by atoms with Crippen molar-refractivity contribution in [3.05, 3.63) is 17.5 Å². The van der Waals surface area contributed by atoms with Gasteiger partial charge >= 0.3 is 0 Å². The van der Waals surface area contributed by atoms with Gasteiger partial charge in [0.1, 0.15) is 5.69 Å². The first-order valence-corrected chi connectivity index (χ1v) is 10.1. The van der Waals surface area contributed by atoms with E-state index in [9.17, 15) is 9.59 Å². The van der Waals surface area contributed by atoms with Crippen LogP contribution >= 0.6 is 0 Å². The molecule has 1 aromatic rings. The molecule has 3 rings (SSSR count). The van der Waals surface area contributed by atoms with E-state index in [-0.39, 0.29) is 17.2 Å². The predicted molar refractivity (Wildman–Crippen MR) is 105 cm³/mol. The topological polar surface area (TPSA) is 61.7 Å². The first kappa shape index (κ1) is 19.9. The second kappa shape index (κ2) is 8.00. The van der Waals surface area contributed by atoms with E-state index in [1.54, 1.807) is 0 Å². The molecule has 0 N–H and O–H groups in total. The van der Waals surface area contributed by atoms with Crippen LogP contribution in [0.5, 0.6) is 0 Å². The van der Waals surface area contributed by atoms with Gasteiger partial charge < -0.3 is 14.7 Å². The lowest BCUT2D eigenvalue weighted by atomic mass is 9.73. The van der Waals surface area contributed by atoms with Crippen LogP contribution in [-0.4, -0.2) is 83.1 Å². The second-order valence-corrected chi connectivity index (χ2v) is 8.44. The zero-order valence-corrected chi connectivity index (χ0v) is 17.2. The number of aryl methyl sites for hydroxylation is 1. The van der Waals surface area contributed by atoms with E-state index in [1.807, 2.05) is 48.5 Å². The molecule has 150 valence electrons. The Kier molecular flexibility index (Phi) is 5.89. The van der Waals surface area contributed by atoms with Gasteiger partial charge in [-0.3, -0.25) is 14.3 Å². The molecule has 0 saturated carbocycles. The highest BCUT2D eigenvalue weighted by Crippen LogP contribution is 2.39. The molecule has 0 aliphatic carbocycles. The maximum absolute atomic E-state index is 13.3. The smallest absolute Gasteiger partial charge is 0.272 e. The van der Waals surface area contributed by atoms with Gasteiger partial charge in [0.15, 0.2) is 0 Å². The van der Waals surface area contributed by atoms with Crippen molar-refractivity contribution in [2.24, 2.45) is 5.41 Å². The monoisotopic (exact) mass is 375 g/mol. The Labute approximate surface area is 162 Å². The van der Waals surface area contributed by atoms with Gasteiger partial charge in [0, 0.05) is 44.6 Å². The molecule has 2 amide bonds. The molecule has 7 nitrogen and oxygen atoms in total. The Hall–Kier alpha value is -1.89. The van der Waals surface area contributed by atoms with Gasteiger partial charge in [0.05, 0.1) is 12.2 Å². The van der Waals surface area contributed by atoms with Crippen LogP contribution in [0, 0.1) is 12.3 Å². The summed E-state index contributed by atoms with van der Waals surface area (Å²) in [5.74, 6) is 0.331. The van der Waals surface area contributed by atoms with Gasteiger partial charge in [-0.25, -0.2) is 0 Å². The third-order valence-corrected chi connectivity index (χ3v) is 5.96. The van der Waals surface area contributed by atoms with Crippen LogP contribution in [0.25, 0.3) is 0 Å². The normalized spacial score (nSPS) is 23.5. The summed E-state index contributed by atoms with van der Waals surface area (Å²) in [6.07, 6.45) is 3.60. The van der Waals surface area contributed by atoms with Gasteiger partial charge in [-0.2, -0.15) is 5.10 Å². The summed E-state index contributed by atoms with van der Waals surface area (Å²) in [6, 6.07) is 1.90. The molecule has 2 aliphatic heterocycles. The van der Waals surface area contributed by atoms with E-state index >= 15 is 0 Å². The van der Waals surface area contributed by atoms with Gasteiger partial charge in [-0.1, -0.05) is 0 Å². The quantitative estimate of drug-likeness (QED) is 0.785. The van der Waals surface area contributed by atoms with Crippen molar-refractivity contribution in [2.75, 3.05) is 46.8 Å². The molecule has 7 heteroatoms. The van der Waals surface area contributed by atoms with Gasteiger partial charge in [0.2, 0.25) is 5.91 Å². The summed E-state index contributed by atoms with van der Waals surface area (Å²) in [5, 5.41) is 4.53. The maximum Gasteiger partial charge on any atom is 0.272 e. The molecule has 27 heavy (non-hydrogen) atoms. The average Bonchev–Trinajstić information content (AvgIpc) is 3.02.